The van der Waals surface area contributed by atoms with Gasteiger partial charge in [0, 0.05) is 0 Å². The average Bonchev–Trinajstić information content (AvgIpc) is 2.29. The van der Waals surface area contributed by atoms with Crippen LogP contribution in [0.15, 0.2) is 0 Å². The summed E-state index contributed by atoms with van der Waals surface area (Å²) in [6.07, 6.45) is -7.99. The Bertz CT molecular complexity index is 366. The summed E-state index contributed by atoms with van der Waals surface area (Å²) in [7, 11) is 0. The Labute approximate surface area is 84.8 Å². The van der Waals surface area contributed by atoms with Crippen molar-refractivity contribution in [3.8, 4) is 0 Å². The molecule has 3 N–H and O–H groups in total. The number of halogens is 3. The van der Waals surface area contributed by atoms with Crippen molar-refractivity contribution in [2.24, 2.45) is 0 Å². The summed E-state index contributed by atoms with van der Waals surface area (Å²) in [5, 5.41) is 18.8. The lowest BCUT2D eigenvalue weighted by molar-refractivity contribution is -0.187. The van der Waals surface area contributed by atoms with Crippen LogP contribution in [0.2, 0.25) is 0 Å². The summed E-state index contributed by atoms with van der Waals surface area (Å²) in [5.41, 5.74) is -3.41. The van der Waals surface area contributed by atoms with Gasteiger partial charge in [-0.05, 0) is 0 Å². The fourth-order valence-electron chi connectivity index (χ4n) is 0.871. The van der Waals surface area contributed by atoms with Gasteiger partial charge in [-0.1, -0.05) is 0 Å². The van der Waals surface area contributed by atoms with Crippen LogP contribution in [0.1, 0.15) is 0 Å². The van der Waals surface area contributed by atoms with Gasteiger partial charge in [0.2, 0.25) is 6.10 Å². The molecule has 90 valence electrons. The molecule has 1 amide bonds. The zero-order valence-corrected chi connectivity index (χ0v) is 7.24. The first kappa shape index (κ1) is 12.4. The third-order valence-electron chi connectivity index (χ3n) is 1.69. The summed E-state index contributed by atoms with van der Waals surface area (Å²) in [4.78, 5) is 31.7. The van der Waals surface area contributed by atoms with Crippen LogP contribution in [0, 0.1) is 0 Å². The molecule has 0 spiro atoms. The summed E-state index contributed by atoms with van der Waals surface area (Å²) in [5.74, 6) is -6.24. The highest BCUT2D eigenvalue weighted by molar-refractivity contribution is 6.04. The molecule has 0 aromatic carbocycles. The second-order valence-corrected chi connectivity index (χ2v) is 2.83. The van der Waals surface area contributed by atoms with Crippen molar-refractivity contribution < 1.29 is 42.5 Å². The van der Waals surface area contributed by atoms with Crippen molar-refractivity contribution in [3.63, 3.8) is 0 Å². The number of esters is 2. The smallest absolute Gasteiger partial charge is 0.387 e. The number of amides is 1. The minimum absolute atomic E-state index is 0.771. The number of rotatable bonds is 1. The minimum Gasteiger partial charge on any atom is -0.387 e. The predicted octanol–water partition coefficient (Wildman–Crippen LogP) is -2.20. The number of hydrogen-bond acceptors (Lipinski definition) is 6. The molecule has 1 rings (SSSR count). The van der Waals surface area contributed by atoms with E-state index in [0.29, 0.717) is 0 Å². The Morgan fingerprint density at radius 3 is 2.25 bits per heavy atom. The number of nitrogens with one attached hydrogen (secondary N) is 1. The maximum Gasteiger partial charge on any atom is 0.471 e. The Hall–Kier alpha value is -1.68. The highest BCUT2D eigenvalue weighted by Crippen LogP contribution is 2.22. The third kappa shape index (κ3) is 1.84. The van der Waals surface area contributed by atoms with Crippen LogP contribution in [0.5, 0.6) is 0 Å². The fraction of sp³-hybridized carbons (Fsp3) is 0.500. The van der Waals surface area contributed by atoms with E-state index in [9.17, 15) is 27.6 Å². The topological polar surface area (TPSA) is 113 Å². The molecule has 0 radical (unpaired) electrons. The van der Waals surface area contributed by atoms with Crippen molar-refractivity contribution in [2.75, 3.05) is 0 Å². The largest absolute Gasteiger partial charge is 0.471 e. The fourth-order valence-corrected chi connectivity index (χ4v) is 0.871. The molecule has 1 heterocycles. The van der Waals surface area contributed by atoms with Gasteiger partial charge in [0.25, 0.3) is 5.72 Å². The SMILES string of the molecule is O=C1OC(=O)[C@@](O)(NC(=O)C(F)(F)F)C1O. The minimum atomic E-state index is -5.39. The Kier molecular flexibility index (Phi) is 2.65. The number of ether oxygens (including phenoxy) is 1. The van der Waals surface area contributed by atoms with Gasteiger partial charge in [-0.25, -0.2) is 9.59 Å². The lowest BCUT2D eigenvalue weighted by Crippen LogP contribution is -2.61. The maximum atomic E-state index is 11.8. The first-order chi connectivity index (χ1) is 7.09. The second-order valence-electron chi connectivity index (χ2n) is 2.83. The first-order valence-electron chi connectivity index (χ1n) is 3.65. The van der Waals surface area contributed by atoms with Gasteiger partial charge in [0.1, 0.15) is 0 Å². The zero-order valence-electron chi connectivity index (χ0n) is 7.24. The van der Waals surface area contributed by atoms with E-state index in [1.54, 1.807) is 0 Å². The molecule has 2 atom stereocenters. The molecule has 1 unspecified atom stereocenters. The molecule has 0 aromatic rings. The van der Waals surface area contributed by atoms with Crippen molar-refractivity contribution in [1.82, 2.24) is 5.32 Å². The molecule has 0 saturated carbocycles. The quantitative estimate of drug-likeness (QED) is 0.273. The predicted molar refractivity (Wildman–Crippen MR) is 36.3 cm³/mol. The summed E-state index contributed by atoms with van der Waals surface area (Å²) in [6.45, 7) is 0. The molecule has 1 saturated heterocycles. The zero-order chi connectivity index (χ0) is 12.7. The number of alkyl halides is 3. The first-order valence-corrected chi connectivity index (χ1v) is 3.65. The standard InChI is InChI=1S/C6H4F3NO6/c7-6(8,9)3(13)10-5(15)1(11)2(12)16-4(5)14/h1,11,15H,(H,10,13)/t1?,5-/m1/s1. The van der Waals surface area contributed by atoms with Crippen LogP contribution in [-0.4, -0.2) is 46.1 Å². The number of carbonyl (C=O) groups excluding carboxylic acids is 3. The maximum absolute atomic E-state index is 11.8. The number of cyclic esters (lactones) is 2. The van der Waals surface area contributed by atoms with Crippen LogP contribution in [0.3, 0.4) is 0 Å². The molecular weight excluding hydrogens is 239 g/mol. The van der Waals surface area contributed by atoms with Gasteiger partial charge < -0.3 is 20.3 Å². The molecule has 1 aliphatic heterocycles. The normalized spacial score (nSPS) is 30.2. The number of carbonyl (C=O) groups is 3. The molecule has 1 fully saturated rings. The van der Waals surface area contributed by atoms with Gasteiger partial charge in [0.15, 0.2) is 0 Å². The Balaban J connectivity index is 2.92. The van der Waals surface area contributed by atoms with E-state index >= 15 is 0 Å². The summed E-state index contributed by atoms with van der Waals surface area (Å²) >= 11 is 0. The molecule has 1 aliphatic rings. The van der Waals surface area contributed by atoms with Gasteiger partial charge >= 0.3 is 24.0 Å². The van der Waals surface area contributed by atoms with E-state index in [0.717, 1.165) is 5.32 Å². The van der Waals surface area contributed by atoms with Gasteiger partial charge in [0.05, 0.1) is 0 Å². The van der Waals surface area contributed by atoms with E-state index in [1.165, 1.54) is 0 Å². The van der Waals surface area contributed by atoms with E-state index in [4.69, 9.17) is 10.2 Å². The Morgan fingerprint density at radius 2 is 1.94 bits per heavy atom. The Morgan fingerprint density at radius 1 is 1.44 bits per heavy atom. The van der Waals surface area contributed by atoms with Gasteiger partial charge in [-0.3, -0.25) is 4.79 Å². The monoisotopic (exact) mass is 243 g/mol. The summed E-state index contributed by atoms with van der Waals surface area (Å²) in [6, 6.07) is 0. The molecule has 16 heavy (non-hydrogen) atoms. The average molecular weight is 243 g/mol. The van der Waals surface area contributed by atoms with Crippen molar-refractivity contribution in [2.45, 2.75) is 18.0 Å². The van der Waals surface area contributed by atoms with Crippen LogP contribution in [-0.2, 0) is 19.1 Å². The van der Waals surface area contributed by atoms with Crippen molar-refractivity contribution in [3.05, 3.63) is 0 Å². The second kappa shape index (κ2) is 3.42. The number of hydrogen-bond donors (Lipinski definition) is 3. The van der Waals surface area contributed by atoms with Crippen LogP contribution in [0.4, 0.5) is 13.2 Å². The van der Waals surface area contributed by atoms with E-state index in [1.807, 2.05) is 0 Å². The van der Waals surface area contributed by atoms with Crippen LogP contribution >= 0.6 is 0 Å². The van der Waals surface area contributed by atoms with Crippen LogP contribution in [0.25, 0.3) is 0 Å². The van der Waals surface area contributed by atoms with E-state index < -0.39 is 35.9 Å². The molecule has 10 heteroatoms. The van der Waals surface area contributed by atoms with E-state index in [2.05, 4.69) is 4.74 Å². The lowest BCUT2D eigenvalue weighted by atomic mass is 10.1. The number of aliphatic hydroxyl groups excluding tert-OH is 1. The summed E-state index contributed by atoms with van der Waals surface area (Å²) < 4.78 is 39.0. The highest BCUT2D eigenvalue weighted by Gasteiger charge is 2.60. The van der Waals surface area contributed by atoms with Crippen molar-refractivity contribution in [1.29, 1.82) is 0 Å². The molecule has 0 aromatic heterocycles. The molecule has 0 bridgehead atoms. The van der Waals surface area contributed by atoms with E-state index in [-0.39, 0.29) is 0 Å². The molecule has 0 aliphatic carbocycles. The molecule has 7 nitrogen and oxygen atoms in total. The number of aliphatic hydroxyl groups is 2. The lowest BCUT2D eigenvalue weighted by Gasteiger charge is -2.21. The van der Waals surface area contributed by atoms with Crippen LogP contribution < -0.4 is 5.32 Å². The van der Waals surface area contributed by atoms with Crippen molar-refractivity contribution >= 4 is 17.8 Å². The third-order valence-corrected chi connectivity index (χ3v) is 1.69. The highest BCUT2D eigenvalue weighted by atomic mass is 19.4. The van der Waals surface area contributed by atoms with Gasteiger partial charge in [-0.15, -0.1) is 0 Å². The van der Waals surface area contributed by atoms with Gasteiger partial charge in [-0.2, -0.15) is 13.2 Å². The molecular formula is C6H4F3NO6.